The lowest BCUT2D eigenvalue weighted by molar-refractivity contribution is -0.116. The highest BCUT2D eigenvalue weighted by Crippen LogP contribution is 2.38. The van der Waals surface area contributed by atoms with E-state index in [-0.39, 0.29) is 5.91 Å². The van der Waals surface area contributed by atoms with E-state index >= 15 is 0 Å². The molecule has 1 amide bonds. The van der Waals surface area contributed by atoms with Crippen LogP contribution in [0.3, 0.4) is 0 Å². The maximum atomic E-state index is 12.5. The summed E-state index contributed by atoms with van der Waals surface area (Å²) in [5, 5.41) is 4.21. The van der Waals surface area contributed by atoms with Crippen LogP contribution in [-0.4, -0.2) is 24.4 Å². The van der Waals surface area contributed by atoms with Crippen molar-refractivity contribution < 1.29 is 4.79 Å². The Bertz CT molecular complexity index is 966. The summed E-state index contributed by atoms with van der Waals surface area (Å²) >= 11 is 13.8. The van der Waals surface area contributed by atoms with Gasteiger partial charge in [0.05, 0.1) is 10.7 Å². The van der Waals surface area contributed by atoms with Crippen LogP contribution in [0.15, 0.2) is 82.6 Å². The number of hydrogen-bond acceptors (Lipinski definition) is 3. The molecule has 0 aromatic heterocycles. The Labute approximate surface area is 186 Å². The summed E-state index contributed by atoms with van der Waals surface area (Å²) in [5.74, 6) is -0.0137. The second-order valence-electron chi connectivity index (χ2n) is 6.69. The maximum absolute atomic E-state index is 12.5. The summed E-state index contributed by atoms with van der Waals surface area (Å²) in [5.41, 5.74) is 2.01. The molecular weight excluding hydrogens is 423 g/mol. The molecule has 6 heteroatoms. The number of amides is 1. The van der Waals surface area contributed by atoms with Gasteiger partial charge in [-0.2, -0.15) is 0 Å². The number of carbonyl (C=O) groups is 1. The molecule has 0 spiro atoms. The van der Waals surface area contributed by atoms with Crippen LogP contribution < -0.4 is 5.32 Å². The standard InChI is InChI=1S/C23H22Cl2N2OS/c1-27(16-17-7-3-2-4-8-17)14-13-23(28)26-20-9-5-6-10-22(20)29-21-12-11-18(24)15-19(21)25/h2-12,15H,13-14,16H2,1H3,(H,26,28). The molecule has 0 fully saturated rings. The molecule has 0 aliphatic rings. The van der Waals surface area contributed by atoms with Gasteiger partial charge in [0.15, 0.2) is 0 Å². The van der Waals surface area contributed by atoms with Crippen molar-refractivity contribution in [3.63, 3.8) is 0 Å². The minimum atomic E-state index is -0.0137. The molecule has 0 saturated carbocycles. The van der Waals surface area contributed by atoms with Gasteiger partial charge in [-0.25, -0.2) is 0 Å². The summed E-state index contributed by atoms with van der Waals surface area (Å²) in [7, 11) is 2.02. The van der Waals surface area contributed by atoms with Gasteiger partial charge in [0.1, 0.15) is 0 Å². The molecule has 0 unspecified atom stereocenters. The van der Waals surface area contributed by atoms with Gasteiger partial charge in [-0.15, -0.1) is 0 Å². The van der Waals surface area contributed by atoms with Crippen molar-refractivity contribution >= 4 is 46.6 Å². The molecule has 0 saturated heterocycles. The zero-order valence-electron chi connectivity index (χ0n) is 16.1. The summed E-state index contributed by atoms with van der Waals surface area (Å²) in [6, 6.07) is 23.3. The van der Waals surface area contributed by atoms with Gasteiger partial charge in [0.2, 0.25) is 5.91 Å². The third kappa shape index (κ3) is 6.79. The number of rotatable bonds is 8. The summed E-state index contributed by atoms with van der Waals surface area (Å²) in [6.45, 7) is 1.49. The third-order valence-corrected chi connectivity index (χ3v) is 6.10. The molecule has 0 bridgehead atoms. The van der Waals surface area contributed by atoms with E-state index in [1.807, 2.05) is 55.6 Å². The SMILES string of the molecule is CN(CCC(=O)Nc1ccccc1Sc1ccc(Cl)cc1Cl)Cc1ccccc1. The molecule has 3 aromatic carbocycles. The number of hydrogen-bond donors (Lipinski definition) is 1. The Morgan fingerprint density at radius 1 is 0.966 bits per heavy atom. The molecule has 3 rings (SSSR count). The van der Waals surface area contributed by atoms with Gasteiger partial charge in [-0.1, -0.05) is 77.4 Å². The summed E-state index contributed by atoms with van der Waals surface area (Å²) < 4.78 is 0. The van der Waals surface area contributed by atoms with E-state index in [1.54, 1.807) is 12.1 Å². The molecule has 1 N–H and O–H groups in total. The Morgan fingerprint density at radius 2 is 1.69 bits per heavy atom. The molecule has 0 heterocycles. The van der Waals surface area contributed by atoms with Crippen molar-refractivity contribution in [3.8, 4) is 0 Å². The van der Waals surface area contributed by atoms with Gasteiger partial charge in [-0.05, 0) is 42.9 Å². The fraction of sp³-hybridized carbons (Fsp3) is 0.174. The molecule has 29 heavy (non-hydrogen) atoms. The van der Waals surface area contributed by atoms with E-state index in [4.69, 9.17) is 23.2 Å². The van der Waals surface area contributed by atoms with E-state index in [2.05, 4.69) is 22.3 Å². The molecule has 0 aliphatic carbocycles. The number of benzene rings is 3. The third-order valence-electron chi connectivity index (χ3n) is 4.29. The highest BCUT2D eigenvalue weighted by molar-refractivity contribution is 7.99. The van der Waals surface area contributed by atoms with Crippen LogP contribution in [0.5, 0.6) is 0 Å². The lowest BCUT2D eigenvalue weighted by Gasteiger charge is -2.17. The van der Waals surface area contributed by atoms with Crippen LogP contribution in [-0.2, 0) is 11.3 Å². The molecule has 0 aliphatic heterocycles. The first kappa shape index (κ1) is 21.7. The van der Waals surface area contributed by atoms with Crippen LogP contribution in [0.4, 0.5) is 5.69 Å². The molecule has 0 radical (unpaired) electrons. The van der Waals surface area contributed by atoms with Crippen molar-refractivity contribution in [1.29, 1.82) is 0 Å². The van der Waals surface area contributed by atoms with Gasteiger partial charge in [-0.3, -0.25) is 4.79 Å². The molecule has 3 aromatic rings. The van der Waals surface area contributed by atoms with Gasteiger partial charge in [0, 0.05) is 34.3 Å². The first-order valence-corrected chi connectivity index (χ1v) is 10.8. The van der Waals surface area contributed by atoms with Crippen LogP contribution in [0.2, 0.25) is 10.0 Å². The zero-order valence-corrected chi connectivity index (χ0v) is 18.4. The topological polar surface area (TPSA) is 32.3 Å². The van der Waals surface area contributed by atoms with Crippen molar-refractivity contribution in [2.24, 2.45) is 0 Å². The van der Waals surface area contributed by atoms with Gasteiger partial charge in [0.25, 0.3) is 0 Å². The lowest BCUT2D eigenvalue weighted by atomic mass is 10.2. The Morgan fingerprint density at radius 3 is 2.45 bits per heavy atom. The fourth-order valence-corrected chi connectivity index (χ4v) is 4.24. The number of halogens is 2. The normalized spacial score (nSPS) is 10.9. The number of nitrogens with one attached hydrogen (secondary N) is 1. The van der Waals surface area contributed by atoms with Crippen molar-refractivity contribution in [3.05, 3.63) is 88.4 Å². The monoisotopic (exact) mass is 444 g/mol. The first-order chi connectivity index (χ1) is 14.0. The average molecular weight is 445 g/mol. The van der Waals surface area contributed by atoms with Crippen LogP contribution >= 0.6 is 35.0 Å². The Kier molecular flexibility index (Phi) is 8.01. The quantitative estimate of drug-likeness (QED) is 0.424. The van der Waals surface area contributed by atoms with Crippen LogP contribution in [0.25, 0.3) is 0 Å². The molecule has 150 valence electrons. The van der Waals surface area contributed by atoms with Crippen LogP contribution in [0, 0.1) is 0 Å². The zero-order chi connectivity index (χ0) is 20.6. The van der Waals surface area contributed by atoms with Crippen LogP contribution in [0.1, 0.15) is 12.0 Å². The number of nitrogens with zero attached hydrogens (tertiary/aromatic N) is 1. The fourth-order valence-electron chi connectivity index (χ4n) is 2.81. The van der Waals surface area contributed by atoms with E-state index < -0.39 is 0 Å². The predicted octanol–water partition coefficient (Wildman–Crippen LogP) is 6.61. The molecular formula is C23H22Cl2N2OS. The highest BCUT2D eigenvalue weighted by atomic mass is 35.5. The van der Waals surface area contributed by atoms with E-state index in [0.717, 1.165) is 22.0 Å². The number of carbonyl (C=O) groups excluding carboxylic acids is 1. The second kappa shape index (κ2) is 10.7. The minimum absolute atomic E-state index is 0.0137. The van der Waals surface area contributed by atoms with E-state index in [0.29, 0.717) is 23.0 Å². The molecule has 0 atom stereocenters. The number of anilines is 1. The van der Waals surface area contributed by atoms with Gasteiger partial charge >= 0.3 is 0 Å². The highest BCUT2D eigenvalue weighted by Gasteiger charge is 2.11. The van der Waals surface area contributed by atoms with E-state index in [9.17, 15) is 4.79 Å². The second-order valence-corrected chi connectivity index (χ2v) is 8.62. The molecule has 3 nitrogen and oxygen atoms in total. The minimum Gasteiger partial charge on any atom is -0.325 e. The average Bonchev–Trinajstić information content (AvgIpc) is 2.71. The Balaban J connectivity index is 1.57. The number of para-hydroxylation sites is 1. The van der Waals surface area contributed by atoms with Crippen molar-refractivity contribution in [2.45, 2.75) is 22.8 Å². The lowest BCUT2D eigenvalue weighted by Crippen LogP contribution is -2.24. The Hall–Kier alpha value is -1.98. The van der Waals surface area contributed by atoms with Crippen molar-refractivity contribution in [1.82, 2.24) is 4.90 Å². The van der Waals surface area contributed by atoms with Gasteiger partial charge < -0.3 is 10.2 Å². The maximum Gasteiger partial charge on any atom is 0.225 e. The smallest absolute Gasteiger partial charge is 0.225 e. The summed E-state index contributed by atoms with van der Waals surface area (Å²) in [6.07, 6.45) is 0.421. The van der Waals surface area contributed by atoms with Crippen molar-refractivity contribution in [2.75, 3.05) is 18.9 Å². The van der Waals surface area contributed by atoms with E-state index in [1.165, 1.54) is 17.3 Å². The predicted molar refractivity (Wildman–Crippen MR) is 123 cm³/mol. The first-order valence-electron chi connectivity index (χ1n) is 9.25. The summed E-state index contributed by atoms with van der Waals surface area (Å²) in [4.78, 5) is 16.5. The largest absolute Gasteiger partial charge is 0.325 e.